The minimum absolute atomic E-state index is 0.00333. The molecule has 0 aromatic heterocycles. The summed E-state index contributed by atoms with van der Waals surface area (Å²) in [4.78, 5) is 12.4. The van der Waals surface area contributed by atoms with Gasteiger partial charge in [-0.15, -0.1) is 0 Å². The van der Waals surface area contributed by atoms with Gasteiger partial charge in [-0.3, -0.25) is 4.79 Å². The van der Waals surface area contributed by atoms with Crippen molar-refractivity contribution in [3.63, 3.8) is 0 Å². The van der Waals surface area contributed by atoms with Crippen molar-refractivity contribution in [2.45, 2.75) is 65.4 Å². The number of carbonyl (C=O) groups excluding carboxylic acids is 1. The van der Waals surface area contributed by atoms with Crippen LogP contribution in [0.4, 0.5) is 0 Å². The van der Waals surface area contributed by atoms with E-state index in [1.807, 2.05) is 6.07 Å². The van der Waals surface area contributed by atoms with Gasteiger partial charge in [-0.05, 0) is 29.9 Å². The summed E-state index contributed by atoms with van der Waals surface area (Å²) >= 11 is 0. The number of ketones is 1. The second-order valence-corrected chi connectivity index (χ2v) is 6.38. The van der Waals surface area contributed by atoms with E-state index in [-0.39, 0.29) is 17.3 Å². The first-order chi connectivity index (χ1) is 8.88. The van der Waals surface area contributed by atoms with Crippen molar-refractivity contribution in [1.29, 1.82) is 0 Å². The number of carbonyl (C=O) groups is 1. The Morgan fingerprint density at radius 3 is 2.42 bits per heavy atom. The molecule has 0 N–H and O–H groups in total. The summed E-state index contributed by atoms with van der Waals surface area (Å²) in [6.45, 7) is 10.7. The monoisotopic (exact) mass is 260 g/mol. The van der Waals surface area contributed by atoms with Crippen LogP contribution in [0.2, 0.25) is 0 Å². The van der Waals surface area contributed by atoms with Gasteiger partial charge >= 0.3 is 0 Å². The molecule has 0 spiro atoms. The lowest BCUT2D eigenvalue weighted by molar-refractivity contribution is 0.0843. The average Bonchev–Trinajstić information content (AvgIpc) is 2.65. The maximum absolute atomic E-state index is 12.4. The Bertz CT molecular complexity index is 495. The first-order valence-corrected chi connectivity index (χ1v) is 7.26. The molecule has 0 fully saturated rings. The van der Waals surface area contributed by atoms with Crippen molar-refractivity contribution in [2.75, 3.05) is 0 Å². The summed E-state index contributed by atoms with van der Waals surface area (Å²) in [7, 11) is 0. The van der Waals surface area contributed by atoms with Gasteiger partial charge in [0.2, 0.25) is 5.78 Å². The summed E-state index contributed by atoms with van der Waals surface area (Å²) in [6.07, 6.45) is 2.45. The molecule has 1 unspecified atom stereocenters. The third kappa shape index (κ3) is 2.54. The van der Waals surface area contributed by atoms with Gasteiger partial charge in [0.15, 0.2) is 6.10 Å². The highest BCUT2D eigenvalue weighted by atomic mass is 16.5. The molecule has 1 aromatic carbocycles. The van der Waals surface area contributed by atoms with E-state index in [9.17, 15) is 4.79 Å². The number of aryl methyl sites for hydroxylation is 1. The van der Waals surface area contributed by atoms with Gasteiger partial charge in [0.1, 0.15) is 5.75 Å². The Labute approximate surface area is 116 Å². The third-order valence-electron chi connectivity index (χ3n) is 3.73. The van der Waals surface area contributed by atoms with Gasteiger partial charge in [-0.1, -0.05) is 47.1 Å². The molecular weight excluding hydrogens is 236 g/mol. The van der Waals surface area contributed by atoms with E-state index in [0.29, 0.717) is 0 Å². The summed E-state index contributed by atoms with van der Waals surface area (Å²) in [6, 6.07) is 4.21. The number of Topliss-reactive ketones (excluding diaryl/α,β-unsaturated/α-hetero) is 1. The highest BCUT2D eigenvalue weighted by Crippen LogP contribution is 2.40. The summed E-state index contributed by atoms with van der Waals surface area (Å²) in [5.41, 5.74) is 3.17. The number of hydrogen-bond acceptors (Lipinski definition) is 2. The van der Waals surface area contributed by atoms with Crippen LogP contribution in [0.3, 0.4) is 0 Å². The number of hydrogen-bond donors (Lipinski definition) is 0. The molecule has 2 heteroatoms. The lowest BCUT2D eigenvalue weighted by atomic mass is 9.83. The molecule has 0 aliphatic carbocycles. The van der Waals surface area contributed by atoms with Gasteiger partial charge in [-0.25, -0.2) is 0 Å². The van der Waals surface area contributed by atoms with Crippen molar-refractivity contribution in [3.8, 4) is 5.75 Å². The predicted octanol–water partition coefficient (Wildman–Crippen LogP) is 4.29. The molecule has 2 nitrogen and oxygen atoms in total. The topological polar surface area (TPSA) is 26.3 Å². The fourth-order valence-corrected chi connectivity index (χ4v) is 2.58. The Morgan fingerprint density at radius 1 is 1.21 bits per heavy atom. The maximum atomic E-state index is 12.4. The first-order valence-electron chi connectivity index (χ1n) is 7.26. The number of fused-ring (bicyclic) bond motifs is 1. The fraction of sp³-hybridized carbons (Fsp3) is 0.588. The number of benzene rings is 1. The quantitative estimate of drug-likeness (QED) is 0.810. The molecule has 1 aromatic rings. The van der Waals surface area contributed by atoms with Gasteiger partial charge in [-0.2, -0.15) is 0 Å². The van der Waals surface area contributed by atoms with Crippen LogP contribution < -0.4 is 4.74 Å². The lowest BCUT2D eigenvalue weighted by Crippen LogP contribution is -2.20. The van der Waals surface area contributed by atoms with Crippen LogP contribution >= 0.6 is 0 Å². The molecule has 0 bridgehead atoms. The number of rotatable bonds is 3. The van der Waals surface area contributed by atoms with Crippen LogP contribution in [0.5, 0.6) is 5.75 Å². The van der Waals surface area contributed by atoms with E-state index in [2.05, 4.69) is 40.7 Å². The second kappa shape index (κ2) is 4.99. The van der Waals surface area contributed by atoms with Crippen molar-refractivity contribution >= 4 is 5.78 Å². The molecule has 1 heterocycles. The van der Waals surface area contributed by atoms with Crippen LogP contribution in [0.15, 0.2) is 12.1 Å². The van der Waals surface area contributed by atoms with Gasteiger partial charge in [0.25, 0.3) is 0 Å². The highest BCUT2D eigenvalue weighted by molar-refractivity contribution is 6.05. The molecule has 1 aliphatic rings. The SMILES string of the molecule is CCCC1Oc2c(cc(CC)cc2C(C)(C)C)C1=O. The van der Waals surface area contributed by atoms with Crippen molar-refractivity contribution in [1.82, 2.24) is 0 Å². The summed E-state index contributed by atoms with van der Waals surface area (Å²) < 4.78 is 5.97. The van der Waals surface area contributed by atoms with E-state index in [4.69, 9.17) is 4.74 Å². The zero-order chi connectivity index (χ0) is 14.2. The molecule has 1 aliphatic heterocycles. The van der Waals surface area contributed by atoms with Gasteiger partial charge < -0.3 is 4.74 Å². The maximum Gasteiger partial charge on any atom is 0.207 e. The van der Waals surface area contributed by atoms with Crippen LogP contribution in [0.25, 0.3) is 0 Å². The standard InChI is InChI=1S/C17H24O2/c1-6-8-14-15(18)12-9-11(7-2)10-13(16(12)19-14)17(3,4)5/h9-10,14H,6-8H2,1-5H3. The Hall–Kier alpha value is -1.31. The first kappa shape index (κ1) is 14.1. The Kier molecular flexibility index (Phi) is 3.71. The van der Waals surface area contributed by atoms with E-state index in [1.165, 1.54) is 5.56 Å². The Balaban J connectivity index is 2.53. The van der Waals surface area contributed by atoms with Gasteiger partial charge in [0, 0.05) is 5.56 Å². The van der Waals surface area contributed by atoms with E-state index < -0.39 is 0 Å². The lowest BCUT2D eigenvalue weighted by Gasteiger charge is -2.23. The zero-order valence-corrected chi connectivity index (χ0v) is 12.7. The highest BCUT2D eigenvalue weighted by Gasteiger charge is 2.36. The third-order valence-corrected chi connectivity index (χ3v) is 3.73. The number of ether oxygens (including phenoxy) is 1. The summed E-state index contributed by atoms with van der Waals surface area (Å²) in [5.74, 6) is 0.991. The molecule has 1 atom stereocenters. The molecule has 104 valence electrons. The predicted molar refractivity (Wildman–Crippen MR) is 78.2 cm³/mol. The molecule has 0 radical (unpaired) electrons. The minimum Gasteiger partial charge on any atom is -0.481 e. The molecule has 2 rings (SSSR count). The molecule has 0 amide bonds. The zero-order valence-electron chi connectivity index (χ0n) is 12.7. The van der Waals surface area contributed by atoms with Crippen molar-refractivity contribution in [3.05, 3.63) is 28.8 Å². The molecule has 0 saturated carbocycles. The van der Waals surface area contributed by atoms with Crippen LogP contribution in [0.1, 0.15) is 68.9 Å². The van der Waals surface area contributed by atoms with Crippen LogP contribution in [0, 0.1) is 0 Å². The van der Waals surface area contributed by atoms with E-state index in [1.54, 1.807) is 0 Å². The van der Waals surface area contributed by atoms with Crippen molar-refractivity contribution < 1.29 is 9.53 Å². The molecule has 19 heavy (non-hydrogen) atoms. The normalized spacial score (nSPS) is 18.4. The minimum atomic E-state index is -0.270. The van der Waals surface area contributed by atoms with Crippen molar-refractivity contribution in [2.24, 2.45) is 0 Å². The Morgan fingerprint density at radius 2 is 1.89 bits per heavy atom. The summed E-state index contributed by atoms with van der Waals surface area (Å²) in [5, 5.41) is 0. The van der Waals surface area contributed by atoms with E-state index in [0.717, 1.165) is 36.1 Å². The average molecular weight is 260 g/mol. The largest absolute Gasteiger partial charge is 0.481 e. The smallest absolute Gasteiger partial charge is 0.207 e. The second-order valence-electron chi connectivity index (χ2n) is 6.38. The van der Waals surface area contributed by atoms with Crippen LogP contribution in [-0.4, -0.2) is 11.9 Å². The van der Waals surface area contributed by atoms with Crippen LogP contribution in [-0.2, 0) is 11.8 Å². The molecular formula is C17H24O2. The fourth-order valence-electron chi connectivity index (χ4n) is 2.58. The van der Waals surface area contributed by atoms with Gasteiger partial charge in [0.05, 0.1) is 5.56 Å². The van der Waals surface area contributed by atoms with E-state index >= 15 is 0 Å². The molecule has 0 saturated heterocycles.